The van der Waals surface area contributed by atoms with Gasteiger partial charge in [0.15, 0.2) is 0 Å². The molecule has 29 heavy (non-hydrogen) atoms. The second-order valence-corrected chi connectivity index (χ2v) is 6.94. The van der Waals surface area contributed by atoms with Gasteiger partial charge in [0.05, 0.1) is 18.1 Å². The van der Waals surface area contributed by atoms with E-state index in [4.69, 9.17) is 4.74 Å². The van der Waals surface area contributed by atoms with E-state index in [2.05, 4.69) is 5.32 Å². The Balaban J connectivity index is 1.57. The van der Waals surface area contributed by atoms with E-state index in [1.165, 1.54) is 29.2 Å². The molecule has 1 fully saturated rings. The minimum Gasteiger partial charge on any atom is -0.462 e. The van der Waals surface area contributed by atoms with Crippen LogP contribution in [0.15, 0.2) is 48.5 Å². The first kappa shape index (κ1) is 20.5. The molecule has 6 nitrogen and oxygen atoms in total. The van der Waals surface area contributed by atoms with Gasteiger partial charge >= 0.3 is 5.97 Å². The Morgan fingerprint density at radius 1 is 1.14 bits per heavy atom. The molecule has 0 radical (unpaired) electrons. The van der Waals surface area contributed by atoms with Gasteiger partial charge in [0.1, 0.15) is 5.82 Å². The van der Waals surface area contributed by atoms with Crippen molar-refractivity contribution in [2.45, 2.75) is 26.2 Å². The lowest BCUT2D eigenvalue weighted by Crippen LogP contribution is -2.28. The van der Waals surface area contributed by atoms with Gasteiger partial charge in [-0.3, -0.25) is 9.59 Å². The summed E-state index contributed by atoms with van der Waals surface area (Å²) in [5.41, 5.74) is 1.52. The molecular formula is C22H23FN2O4. The zero-order valence-corrected chi connectivity index (χ0v) is 16.2. The molecule has 0 spiro atoms. The lowest BCUT2D eigenvalue weighted by molar-refractivity contribution is -0.122. The zero-order chi connectivity index (χ0) is 20.8. The van der Waals surface area contributed by atoms with Crippen molar-refractivity contribution in [3.05, 3.63) is 59.9 Å². The number of anilines is 2. The first-order chi connectivity index (χ1) is 14.0. The Bertz CT molecular complexity index is 881. The molecule has 152 valence electrons. The van der Waals surface area contributed by atoms with Gasteiger partial charge in [0.2, 0.25) is 11.8 Å². The van der Waals surface area contributed by atoms with Gasteiger partial charge in [0, 0.05) is 24.3 Å². The summed E-state index contributed by atoms with van der Waals surface area (Å²) in [6, 6.07) is 12.0. The first-order valence-corrected chi connectivity index (χ1v) is 9.62. The first-order valence-electron chi connectivity index (χ1n) is 9.62. The van der Waals surface area contributed by atoms with Gasteiger partial charge < -0.3 is 15.0 Å². The zero-order valence-electron chi connectivity index (χ0n) is 16.2. The number of benzene rings is 2. The normalized spacial score (nSPS) is 16.0. The predicted molar refractivity (Wildman–Crippen MR) is 107 cm³/mol. The fourth-order valence-electron chi connectivity index (χ4n) is 3.08. The van der Waals surface area contributed by atoms with Crippen LogP contribution in [0.1, 0.15) is 36.5 Å². The summed E-state index contributed by atoms with van der Waals surface area (Å²) >= 11 is 0. The van der Waals surface area contributed by atoms with Crippen LogP contribution < -0.4 is 10.2 Å². The van der Waals surface area contributed by atoms with Crippen LogP contribution >= 0.6 is 0 Å². The monoisotopic (exact) mass is 398 g/mol. The molecule has 1 atom stereocenters. The van der Waals surface area contributed by atoms with Gasteiger partial charge in [-0.1, -0.05) is 13.3 Å². The molecule has 1 heterocycles. The van der Waals surface area contributed by atoms with Gasteiger partial charge in [-0.2, -0.15) is 0 Å². The highest BCUT2D eigenvalue weighted by Crippen LogP contribution is 2.26. The lowest BCUT2D eigenvalue weighted by atomic mass is 10.1. The highest BCUT2D eigenvalue weighted by molar-refractivity contribution is 6.03. The van der Waals surface area contributed by atoms with Gasteiger partial charge in [0.25, 0.3) is 0 Å². The second kappa shape index (κ2) is 9.32. The van der Waals surface area contributed by atoms with E-state index in [-0.39, 0.29) is 30.6 Å². The number of unbranched alkanes of at least 4 members (excludes halogenated alkanes) is 1. The number of hydrogen-bond acceptors (Lipinski definition) is 4. The molecule has 0 bridgehead atoms. The fourth-order valence-corrected chi connectivity index (χ4v) is 3.08. The molecule has 2 amide bonds. The van der Waals surface area contributed by atoms with Gasteiger partial charge in [-0.05, 0) is 55.0 Å². The Hall–Kier alpha value is -3.22. The van der Waals surface area contributed by atoms with Crippen molar-refractivity contribution in [1.29, 1.82) is 0 Å². The molecule has 1 N–H and O–H groups in total. The van der Waals surface area contributed by atoms with Crippen LogP contribution in [0.3, 0.4) is 0 Å². The highest BCUT2D eigenvalue weighted by Gasteiger charge is 2.35. The van der Waals surface area contributed by atoms with Crippen LogP contribution in [0.25, 0.3) is 0 Å². The van der Waals surface area contributed by atoms with E-state index in [0.29, 0.717) is 23.5 Å². The summed E-state index contributed by atoms with van der Waals surface area (Å²) in [5, 5.41) is 2.77. The van der Waals surface area contributed by atoms with E-state index in [9.17, 15) is 18.8 Å². The summed E-state index contributed by atoms with van der Waals surface area (Å²) in [5.74, 6) is -1.74. The average Bonchev–Trinajstić information content (AvgIpc) is 3.11. The fraction of sp³-hybridized carbons (Fsp3) is 0.318. The number of nitrogens with one attached hydrogen (secondary N) is 1. The van der Waals surface area contributed by atoms with Crippen molar-refractivity contribution in [2.24, 2.45) is 5.92 Å². The van der Waals surface area contributed by atoms with Crippen molar-refractivity contribution in [3.63, 3.8) is 0 Å². The maximum Gasteiger partial charge on any atom is 0.338 e. The molecule has 3 rings (SSSR count). The molecule has 1 aliphatic heterocycles. The number of ether oxygens (including phenoxy) is 1. The molecule has 2 aromatic rings. The number of nitrogens with zero attached hydrogens (tertiary/aromatic N) is 1. The summed E-state index contributed by atoms with van der Waals surface area (Å²) in [4.78, 5) is 38.2. The summed E-state index contributed by atoms with van der Waals surface area (Å²) in [6.07, 6.45) is 1.85. The van der Waals surface area contributed by atoms with Crippen molar-refractivity contribution < 1.29 is 23.5 Å². The molecule has 2 aromatic carbocycles. The number of carbonyl (C=O) groups is 3. The quantitative estimate of drug-likeness (QED) is 0.569. The van der Waals surface area contributed by atoms with E-state index in [0.717, 1.165) is 12.8 Å². The van der Waals surface area contributed by atoms with Crippen molar-refractivity contribution >= 4 is 29.2 Å². The minimum atomic E-state index is -0.508. The van der Waals surface area contributed by atoms with Crippen LogP contribution in [0.2, 0.25) is 0 Å². The number of halogens is 1. The van der Waals surface area contributed by atoms with Crippen LogP contribution in [0.5, 0.6) is 0 Å². The van der Waals surface area contributed by atoms with E-state index in [1.54, 1.807) is 24.3 Å². The standard InChI is InChI=1S/C22H23FN2O4/c1-2-3-12-29-22(28)15-4-8-18(9-5-15)24-21(27)16-13-20(26)25(14-16)19-10-6-17(23)7-11-19/h4-11,16H,2-3,12-14H2,1H3,(H,24,27). The van der Waals surface area contributed by atoms with Crippen molar-refractivity contribution in [2.75, 3.05) is 23.4 Å². The number of amides is 2. The molecule has 0 aliphatic carbocycles. The Kier molecular flexibility index (Phi) is 6.59. The van der Waals surface area contributed by atoms with Crippen LogP contribution in [0.4, 0.5) is 15.8 Å². The number of esters is 1. The van der Waals surface area contributed by atoms with E-state index in [1.807, 2.05) is 6.92 Å². The van der Waals surface area contributed by atoms with E-state index >= 15 is 0 Å². The average molecular weight is 398 g/mol. The predicted octanol–water partition coefficient (Wildman–Crippen LogP) is 3.77. The van der Waals surface area contributed by atoms with Crippen molar-refractivity contribution in [3.8, 4) is 0 Å². The Labute approximate surface area is 168 Å². The van der Waals surface area contributed by atoms with E-state index < -0.39 is 11.9 Å². The van der Waals surface area contributed by atoms with Gasteiger partial charge in [-0.15, -0.1) is 0 Å². The summed E-state index contributed by atoms with van der Waals surface area (Å²) < 4.78 is 18.2. The number of carbonyl (C=O) groups excluding carboxylic acids is 3. The molecule has 7 heteroatoms. The molecule has 1 aliphatic rings. The minimum absolute atomic E-state index is 0.0883. The largest absolute Gasteiger partial charge is 0.462 e. The van der Waals surface area contributed by atoms with Crippen LogP contribution in [-0.4, -0.2) is 30.9 Å². The Morgan fingerprint density at radius 2 is 1.83 bits per heavy atom. The Morgan fingerprint density at radius 3 is 2.48 bits per heavy atom. The molecule has 0 aromatic heterocycles. The topological polar surface area (TPSA) is 75.7 Å². The number of rotatable bonds is 7. The van der Waals surface area contributed by atoms with Crippen LogP contribution in [0, 0.1) is 11.7 Å². The summed E-state index contributed by atoms with van der Waals surface area (Å²) in [7, 11) is 0. The molecular weight excluding hydrogens is 375 g/mol. The smallest absolute Gasteiger partial charge is 0.338 e. The molecule has 1 saturated heterocycles. The molecule has 0 saturated carbocycles. The maximum atomic E-state index is 13.1. The van der Waals surface area contributed by atoms with Crippen LogP contribution in [-0.2, 0) is 14.3 Å². The second-order valence-electron chi connectivity index (χ2n) is 6.94. The third-order valence-electron chi connectivity index (χ3n) is 4.75. The third-order valence-corrected chi connectivity index (χ3v) is 4.75. The van der Waals surface area contributed by atoms with Crippen molar-refractivity contribution in [1.82, 2.24) is 0 Å². The van der Waals surface area contributed by atoms with Gasteiger partial charge in [-0.25, -0.2) is 9.18 Å². The SMILES string of the molecule is CCCCOC(=O)c1ccc(NC(=O)C2CC(=O)N(c3ccc(F)cc3)C2)cc1. The number of hydrogen-bond donors (Lipinski definition) is 1. The highest BCUT2D eigenvalue weighted by atomic mass is 19.1. The summed E-state index contributed by atoms with van der Waals surface area (Å²) in [6.45, 7) is 2.63. The lowest BCUT2D eigenvalue weighted by Gasteiger charge is -2.16. The maximum absolute atomic E-state index is 13.1. The third kappa shape index (κ3) is 5.19. The molecule has 1 unspecified atom stereocenters.